The van der Waals surface area contributed by atoms with Crippen LogP contribution < -0.4 is 5.32 Å². The van der Waals surface area contributed by atoms with Gasteiger partial charge in [-0.15, -0.1) is 0 Å². The third-order valence-corrected chi connectivity index (χ3v) is 5.13. The van der Waals surface area contributed by atoms with Crippen LogP contribution in [0.5, 0.6) is 0 Å². The van der Waals surface area contributed by atoms with Gasteiger partial charge in [-0.1, -0.05) is 23.2 Å². The fourth-order valence-corrected chi connectivity index (χ4v) is 3.88. The maximum atomic E-state index is 12.7. The lowest BCUT2D eigenvalue weighted by atomic mass is 10.1. The van der Waals surface area contributed by atoms with Crippen LogP contribution in [-0.2, 0) is 17.0 Å². The van der Waals surface area contributed by atoms with Gasteiger partial charge in [0.15, 0.2) is 0 Å². The molecule has 1 aromatic carbocycles. The third-order valence-electron chi connectivity index (χ3n) is 3.59. The van der Waals surface area contributed by atoms with Gasteiger partial charge in [0.1, 0.15) is 5.82 Å². The summed E-state index contributed by atoms with van der Waals surface area (Å²) in [5.41, 5.74) is 2.27. The van der Waals surface area contributed by atoms with E-state index in [0.717, 1.165) is 28.6 Å². The van der Waals surface area contributed by atoms with E-state index < -0.39 is 0 Å². The lowest BCUT2D eigenvalue weighted by Crippen LogP contribution is -2.27. The smallest absolute Gasteiger partial charge is 0.258 e. The van der Waals surface area contributed by atoms with Crippen LogP contribution in [0.1, 0.15) is 42.4 Å². The maximum absolute atomic E-state index is 12.7. The van der Waals surface area contributed by atoms with Crippen LogP contribution in [0.25, 0.3) is 0 Å². The molecule has 122 valence electrons. The minimum Gasteiger partial charge on any atom is -0.306 e. The molecular weight excluding hydrogens is 353 g/mol. The molecule has 4 nitrogen and oxygen atoms in total. The molecule has 2 aromatic rings. The summed E-state index contributed by atoms with van der Waals surface area (Å²) in [6.07, 6.45) is 0. The average molecular weight is 370 g/mol. The fraction of sp³-hybridized carbons (Fsp3) is 0.375. The number of fused-ring (bicyclic) bond motifs is 1. The van der Waals surface area contributed by atoms with Crippen LogP contribution in [0.15, 0.2) is 18.2 Å². The Morgan fingerprint density at radius 3 is 2.74 bits per heavy atom. The second kappa shape index (κ2) is 6.04. The van der Waals surface area contributed by atoms with E-state index in [1.165, 1.54) is 0 Å². The van der Waals surface area contributed by atoms with Crippen molar-refractivity contribution in [1.29, 1.82) is 0 Å². The molecule has 7 heteroatoms. The molecule has 1 N–H and O–H groups in total. The molecule has 0 fully saturated rings. The second-order valence-electron chi connectivity index (χ2n) is 6.43. The zero-order valence-corrected chi connectivity index (χ0v) is 15.4. The van der Waals surface area contributed by atoms with E-state index in [-0.39, 0.29) is 11.4 Å². The largest absolute Gasteiger partial charge is 0.306 e. The van der Waals surface area contributed by atoms with Gasteiger partial charge in [-0.3, -0.25) is 4.79 Å². The maximum Gasteiger partial charge on any atom is 0.258 e. The van der Waals surface area contributed by atoms with E-state index in [2.05, 4.69) is 31.2 Å². The minimum absolute atomic E-state index is 0.226. The summed E-state index contributed by atoms with van der Waals surface area (Å²) in [6, 6.07) is 4.86. The Morgan fingerprint density at radius 2 is 2.04 bits per heavy atom. The number of thioether (sulfide) groups is 1. The van der Waals surface area contributed by atoms with Gasteiger partial charge in [0.2, 0.25) is 0 Å². The van der Waals surface area contributed by atoms with Gasteiger partial charge < -0.3 is 5.32 Å². The summed E-state index contributed by atoms with van der Waals surface area (Å²) in [4.78, 5) is 12.7. The van der Waals surface area contributed by atoms with Crippen LogP contribution in [0.4, 0.5) is 5.82 Å². The summed E-state index contributed by atoms with van der Waals surface area (Å²) in [6.45, 7) is 6.18. The fourth-order valence-electron chi connectivity index (χ4n) is 2.47. The van der Waals surface area contributed by atoms with Gasteiger partial charge in [-0.25, -0.2) is 4.68 Å². The molecule has 2 heterocycles. The first-order valence-electron chi connectivity index (χ1n) is 7.23. The van der Waals surface area contributed by atoms with Crippen molar-refractivity contribution in [1.82, 2.24) is 9.78 Å². The Bertz CT molecular complexity index is 780. The topological polar surface area (TPSA) is 46.9 Å². The molecule has 0 spiro atoms. The van der Waals surface area contributed by atoms with Crippen molar-refractivity contribution in [3.05, 3.63) is 45.1 Å². The summed E-state index contributed by atoms with van der Waals surface area (Å²) >= 11 is 13.9. The van der Waals surface area contributed by atoms with E-state index in [0.29, 0.717) is 15.6 Å². The molecule has 0 unspecified atom stereocenters. The SMILES string of the molecule is CC(C)(C)n1nc2c(c1NC(=O)c1cc(Cl)ccc1Cl)CSC2. The van der Waals surface area contributed by atoms with Gasteiger partial charge >= 0.3 is 0 Å². The number of anilines is 1. The van der Waals surface area contributed by atoms with E-state index in [1.54, 1.807) is 30.0 Å². The molecule has 0 bridgehead atoms. The van der Waals surface area contributed by atoms with Crippen molar-refractivity contribution in [2.45, 2.75) is 37.8 Å². The van der Waals surface area contributed by atoms with Crippen LogP contribution in [0.2, 0.25) is 10.0 Å². The Kier molecular flexibility index (Phi) is 4.38. The van der Waals surface area contributed by atoms with Gasteiger partial charge in [0.25, 0.3) is 5.91 Å². The van der Waals surface area contributed by atoms with Crippen molar-refractivity contribution in [3.63, 3.8) is 0 Å². The molecule has 1 aromatic heterocycles. The summed E-state index contributed by atoms with van der Waals surface area (Å²) in [5.74, 6) is 2.20. The molecule has 1 aliphatic rings. The summed E-state index contributed by atoms with van der Waals surface area (Å²) < 4.78 is 1.88. The van der Waals surface area contributed by atoms with E-state index in [1.807, 2.05) is 4.68 Å². The van der Waals surface area contributed by atoms with Gasteiger partial charge in [0.05, 0.1) is 21.8 Å². The number of halogens is 2. The Balaban J connectivity index is 2.00. The minimum atomic E-state index is -0.275. The normalized spacial score (nSPS) is 14.0. The zero-order valence-electron chi connectivity index (χ0n) is 13.1. The molecule has 0 atom stereocenters. The van der Waals surface area contributed by atoms with E-state index in [4.69, 9.17) is 23.2 Å². The number of benzene rings is 1. The Morgan fingerprint density at radius 1 is 1.30 bits per heavy atom. The van der Waals surface area contributed by atoms with E-state index in [9.17, 15) is 4.79 Å². The Labute approximate surface area is 149 Å². The van der Waals surface area contributed by atoms with Gasteiger partial charge in [0, 0.05) is 22.1 Å². The highest BCUT2D eigenvalue weighted by Crippen LogP contribution is 2.37. The molecule has 0 saturated carbocycles. The first-order valence-corrected chi connectivity index (χ1v) is 9.14. The number of nitrogens with zero attached hydrogens (tertiary/aromatic N) is 2. The molecule has 0 saturated heterocycles. The van der Waals surface area contributed by atoms with E-state index >= 15 is 0 Å². The molecule has 3 rings (SSSR count). The number of carbonyl (C=O) groups is 1. The number of hydrogen-bond donors (Lipinski definition) is 1. The quantitative estimate of drug-likeness (QED) is 0.814. The monoisotopic (exact) mass is 369 g/mol. The molecule has 1 aliphatic heterocycles. The van der Waals surface area contributed by atoms with Crippen molar-refractivity contribution in [2.24, 2.45) is 0 Å². The van der Waals surface area contributed by atoms with Crippen molar-refractivity contribution in [3.8, 4) is 0 Å². The first-order chi connectivity index (χ1) is 10.8. The predicted molar refractivity (Wildman–Crippen MR) is 96.6 cm³/mol. The average Bonchev–Trinajstić information content (AvgIpc) is 3.03. The number of amides is 1. The Hall–Kier alpha value is -1.17. The lowest BCUT2D eigenvalue weighted by molar-refractivity contribution is 0.102. The molecule has 0 aliphatic carbocycles. The van der Waals surface area contributed by atoms with Crippen molar-refractivity contribution < 1.29 is 4.79 Å². The number of aromatic nitrogens is 2. The molecule has 1 amide bonds. The number of carbonyl (C=O) groups excluding carboxylic acids is 1. The van der Waals surface area contributed by atoms with Crippen LogP contribution >= 0.6 is 35.0 Å². The highest BCUT2D eigenvalue weighted by atomic mass is 35.5. The van der Waals surface area contributed by atoms with Crippen LogP contribution in [0, 0.1) is 0 Å². The number of rotatable bonds is 2. The number of nitrogens with one attached hydrogen (secondary N) is 1. The molecule has 23 heavy (non-hydrogen) atoms. The first kappa shape index (κ1) is 16.7. The summed E-state index contributed by atoms with van der Waals surface area (Å²) in [5, 5.41) is 8.51. The molecule has 0 radical (unpaired) electrons. The standard InChI is InChI=1S/C16H17Cl2N3OS/c1-16(2,3)21-14(11-7-23-8-13(11)20-21)19-15(22)10-6-9(17)4-5-12(10)18/h4-6H,7-8H2,1-3H3,(H,19,22). The van der Waals surface area contributed by atoms with Gasteiger partial charge in [-0.2, -0.15) is 16.9 Å². The highest BCUT2D eigenvalue weighted by molar-refractivity contribution is 7.98. The lowest BCUT2D eigenvalue weighted by Gasteiger charge is -2.23. The van der Waals surface area contributed by atoms with Crippen molar-refractivity contribution in [2.75, 3.05) is 5.32 Å². The van der Waals surface area contributed by atoms with Gasteiger partial charge in [-0.05, 0) is 39.0 Å². The zero-order chi connectivity index (χ0) is 16.8. The molecular formula is C16H17Cl2N3OS. The second-order valence-corrected chi connectivity index (χ2v) is 8.26. The predicted octanol–water partition coefficient (Wildman–Crippen LogP) is 4.94. The van der Waals surface area contributed by atoms with Crippen LogP contribution in [-0.4, -0.2) is 15.7 Å². The van der Waals surface area contributed by atoms with Crippen molar-refractivity contribution >= 4 is 46.7 Å². The summed E-state index contributed by atoms with van der Waals surface area (Å²) in [7, 11) is 0. The van der Waals surface area contributed by atoms with Crippen LogP contribution in [0.3, 0.4) is 0 Å². The third kappa shape index (κ3) is 3.23. The number of hydrogen-bond acceptors (Lipinski definition) is 3. The highest BCUT2D eigenvalue weighted by Gasteiger charge is 2.29.